The van der Waals surface area contributed by atoms with Crippen molar-refractivity contribution in [2.45, 2.75) is 32.4 Å². The molecule has 1 aliphatic rings. The predicted molar refractivity (Wildman–Crippen MR) is 90.5 cm³/mol. The van der Waals surface area contributed by atoms with Crippen LogP contribution in [0.3, 0.4) is 0 Å². The van der Waals surface area contributed by atoms with Crippen molar-refractivity contribution in [1.82, 2.24) is 14.5 Å². The number of aliphatic hydroxyl groups is 1. The minimum Gasteiger partial charge on any atom is -0.385 e. The molecule has 23 heavy (non-hydrogen) atoms. The maximum Gasteiger partial charge on any atom is 0.169 e. The number of thiophene rings is 1. The Kier molecular flexibility index (Phi) is 4.94. The van der Waals surface area contributed by atoms with Crippen molar-refractivity contribution in [2.75, 3.05) is 13.1 Å². The molecule has 0 radical (unpaired) electrons. The molecule has 0 aliphatic carbocycles. The highest BCUT2D eigenvalue weighted by atomic mass is 32.1. The first-order valence-corrected chi connectivity index (χ1v) is 8.88. The number of carbonyl (C=O) groups is 1. The fourth-order valence-electron chi connectivity index (χ4n) is 3.20. The normalized spacial score (nSPS) is 18.2. The van der Waals surface area contributed by atoms with Crippen LogP contribution >= 0.6 is 11.3 Å². The Morgan fingerprint density at radius 3 is 2.78 bits per heavy atom. The topological polar surface area (TPSA) is 58.4 Å². The van der Waals surface area contributed by atoms with Crippen LogP contribution in [0.4, 0.5) is 0 Å². The Morgan fingerprint density at radius 1 is 1.48 bits per heavy atom. The zero-order valence-electron chi connectivity index (χ0n) is 13.6. The number of likely N-dealkylation sites (tertiary alicyclic amines) is 1. The molecular weight excluding hydrogens is 310 g/mol. The van der Waals surface area contributed by atoms with Crippen LogP contribution in [0.5, 0.6) is 0 Å². The zero-order chi connectivity index (χ0) is 16.4. The fourth-order valence-corrected chi connectivity index (χ4v) is 4.01. The number of rotatable bonds is 5. The largest absolute Gasteiger partial charge is 0.385 e. The summed E-state index contributed by atoms with van der Waals surface area (Å²) in [5.74, 6) is 1.16. The summed E-state index contributed by atoms with van der Waals surface area (Å²) in [6, 6.07) is 2.00. The Morgan fingerprint density at radius 2 is 2.22 bits per heavy atom. The number of aliphatic hydroxyl groups excluding tert-OH is 1. The summed E-state index contributed by atoms with van der Waals surface area (Å²) in [6.07, 6.45) is 5.06. The van der Waals surface area contributed by atoms with Gasteiger partial charge in [0, 0.05) is 26.0 Å². The van der Waals surface area contributed by atoms with Crippen molar-refractivity contribution in [3.05, 3.63) is 40.1 Å². The van der Waals surface area contributed by atoms with Crippen molar-refractivity contribution in [3.63, 3.8) is 0 Å². The summed E-state index contributed by atoms with van der Waals surface area (Å²) in [5, 5.41) is 12.6. The van der Waals surface area contributed by atoms with Crippen molar-refractivity contribution in [1.29, 1.82) is 0 Å². The SMILES string of the molecule is CC(=O)c1cc(CN2CCC([C@@H](O)c3nccn3C)CC2)cs1. The van der Waals surface area contributed by atoms with E-state index in [0.29, 0.717) is 0 Å². The molecule has 124 valence electrons. The Bertz CT molecular complexity index is 671. The lowest BCUT2D eigenvalue weighted by molar-refractivity contribution is 0.0492. The van der Waals surface area contributed by atoms with Gasteiger partial charge in [0.25, 0.3) is 0 Å². The van der Waals surface area contributed by atoms with Gasteiger partial charge in [-0.05, 0) is 55.8 Å². The first-order valence-electron chi connectivity index (χ1n) is 8.00. The highest BCUT2D eigenvalue weighted by Crippen LogP contribution is 2.30. The van der Waals surface area contributed by atoms with Gasteiger partial charge in [0.1, 0.15) is 11.9 Å². The van der Waals surface area contributed by atoms with Crippen LogP contribution in [0.1, 0.15) is 46.9 Å². The number of aromatic nitrogens is 2. The highest BCUT2D eigenvalue weighted by Gasteiger charge is 2.28. The average molecular weight is 333 g/mol. The number of imidazole rings is 1. The zero-order valence-corrected chi connectivity index (χ0v) is 14.4. The van der Waals surface area contributed by atoms with Crippen LogP contribution in [0.2, 0.25) is 0 Å². The molecular formula is C17H23N3O2S. The number of aryl methyl sites for hydroxylation is 1. The van der Waals surface area contributed by atoms with E-state index < -0.39 is 6.10 Å². The molecule has 6 heteroatoms. The molecule has 0 amide bonds. The lowest BCUT2D eigenvalue weighted by Crippen LogP contribution is -2.35. The van der Waals surface area contributed by atoms with E-state index in [0.717, 1.165) is 43.2 Å². The van der Waals surface area contributed by atoms with Gasteiger partial charge in [0.2, 0.25) is 0 Å². The summed E-state index contributed by atoms with van der Waals surface area (Å²) in [5.41, 5.74) is 1.21. The predicted octanol–water partition coefficient (Wildman–Crippen LogP) is 2.63. The van der Waals surface area contributed by atoms with Gasteiger partial charge < -0.3 is 9.67 Å². The number of hydrogen-bond acceptors (Lipinski definition) is 5. The maximum absolute atomic E-state index is 11.4. The summed E-state index contributed by atoms with van der Waals surface area (Å²) in [7, 11) is 1.92. The Labute approximate surface area is 140 Å². The van der Waals surface area contributed by atoms with Gasteiger partial charge in [0.15, 0.2) is 5.78 Å². The molecule has 2 aromatic rings. The van der Waals surface area contributed by atoms with Gasteiger partial charge in [-0.25, -0.2) is 4.98 Å². The highest BCUT2D eigenvalue weighted by molar-refractivity contribution is 7.12. The second kappa shape index (κ2) is 6.95. The molecule has 0 saturated carbocycles. The van der Waals surface area contributed by atoms with Gasteiger partial charge in [-0.1, -0.05) is 0 Å². The lowest BCUT2D eigenvalue weighted by atomic mass is 9.90. The number of ketones is 1. The first-order chi connectivity index (χ1) is 11.0. The third-order valence-electron chi connectivity index (χ3n) is 4.61. The van der Waals surface area contributed by atoms with E-state index in [9.17, 15) is 9.90 Å². The third kappa shape index (κ3) is 3.71. The van der Waals surface area contributed by atoms with E-state index in [-0.39, 0.29) is 11.7 Å². The number of Topliss-reactive ketones (excluding diaryl/α,β-unsaturated/α-hetero) is 1. The molecule has 0 bridgehead atoms. The van der Waals surface area contributed by atoms with Gasteiger partial charge in [-0.15, -0.1) is 11.3 Å². The molecule has 1 N–H and O–H groups in total. The molecule has 1 fully saturated rings. The van der Waals surface area contributed by atoms with Crippen LogP contribution in [0, 0.1) is 5.92 Å². The van der Waals surface area contributed by atoms with Crippen LogP contribution in [0.25, 0.3) is 0 Å². The van der Waals surface area contributed by atoms with Gasteiger partial charge in [-0.2, -0.15) is 0 Å². The summed E-state index contributed by atoms with van der Waals surface area (Å²) >= 11 is 1.52. The van der Waals surface area contributed by atoms with E-state index in [1.54, 1.807) is 13.1 Å². The van der Waals surface area contributed by atoms with E-state index in [1.807, 2.05) is 23.9 Å². The van der Waals surface area contributed by atoms with Crippen LogP contribution in [-0.2, 0) is 13.6 Å². The van der Waals surface area contributed by atoms with Crippen molar-refractivity contribution in [3.8, 4) is 0 Å². The average Bonchev–Trinajstić information content (AvgIpc) is 3.16. The molecule has 3 heterocycles. The smallest absolute Gasteiger partial charge is 0.169 e. The number of hydrogen-bond donors (Lipinski definition) is 1. The fraction of sp³-hybridized carbons (Fsp3) is 0.529. The third-order valence-corrected chi connectivity index (χ3v) is 5.69. The number of nitrogens with zero attached hydrogens (tertiary/aromatic N) is 3. The standard InChI is InChI=1S/C17H23N3O2S/c1-12(21)15-9-13(11-23-15)10-20-6-3-14(4-7-20)16(22)17-18-5-8-19(17)2/h5,8-9,11,14,16,22H,3-4,6-7,10H2,1-2H3/t16-/m1/s1. The van der Waals surface area contributed by atoms with E-state index >= 15 is 0 Å². The Balaban J connectivity index is 1.54. The number of piperidine rings is 1. The quantitative estimate of drug-likeness (QED) is 0.855. The van der Waals surface area contributed by atoms with Gasteiger partial charge in [-0.3, -0.25) is 9.69 Å². The monoisotopic (exact) mass is 333 g/mol. The molecule has 1 aliphatic heterocycles. The summed E-state index contributed by atoms with van der Waals surface area (Å²) in [6.45, 7) is 4.43. The molecule has 1 saturated heterocycles. The summed E-state index contributed by atoms with van der Waals surface area (Å²) < 4.78 is 1.89. The van der Waals surface area contributed by atoms with Gasteiger partial charge in [0.05, 0.1) is 4.88 Å². The Hall–Kier alpha value is -1.50. The van der Waals surface area contributed by atoms with E-state index in [4.69, 9.17) is 0 Å². The molecule has 1 atom stereocenters. The van der Waals surface area contributed by atoms with E-state index in [2.05, 4.69) is 15.3 Å². The lowest BCUT2D eigenvalue weighted by Gasteiger charge is -2.33. The minimum absolute atomic E-state index is 0.137. The molecule has 2 aromatic heterocycles. The maximum atomic E-state index is 11.4. The van der Waals surface area contributed by atoms with Crippen LogP contribution < -0.4 is 0 Å². The second-order valence-corrected chi connectivity index (χ2v) is 7.24. The first kappa shape index (κ1) is 16.4. The molecule has 3 rings (SSSR count). The molecule has 0 spiro atoms. The minimum atomic E-state index is -0.484. The van der Waals surface area contributed by atoms with Crippen molar-refractivity contribution >= 4 is 17.1 Å². The van der Waals surface area contributed by atoms with Gasteiger partial charge >= 0.3 is 0 Å². The van der Waals surface area contributed by atoms with Crippen molar-refractivity contribution in [2.24, 2.45) is 13.0 Å². The second-order valence-electron chi connectivity index (χ2n) is 6.33. The molecule has 0 aromatic carbocycles. The number of carbonyl (C=O) groups excluding carboxylic acids is 1. The van der Waals surface area contributed by atoms with Crippen LogP contribution in [0.15, 0.2) is 23.8 Å². The molecule has 5 nitrogen and oxygen atoms in total. The molecule has 0 unspecified atom stereocenters. The van der Waals surface area contributed by atoms with Crippen LogP contribution in [-0.4, -0.2) is 38.4 Å². The van der Waals surface area contributed by atoms with Crippen molar-refractivity contribution < 1.29 is 9.90 Å². The summed E-state index contributed by atoms with van der Waals surface area (Å²) in [4.78, 5) is 18.9. The van der Waals surface area contributed by atoms with E-state index in [1.165, 1.54) is 16.9 Å².